The molecule has 22 heavy (non-hydrogen) atoms. The molecule has 2 aliphatic rings. The fraction of sp³-hybridized carbons (Fsp3) is 0.684. The second-order valence-electron chi connectivity index (χ2n) is 7.11. The van der Waals surface area contributed by atoms with Crippen molar-refractivity contribution in [1.29, 1.82) is 0 Å². The van der Waals surface area contributed by atoms with Gasteiger partial charge in [-0.05, 0) is 63.7 Å². The van der Waals surface area contributed by atoms with E-state index in [1.54, 1.807) is 0 Å². The monoisotopic (exact) mass is 302 g/mol. The van der Waals surface area contributed by atoms with Crippen molar-refractivity contribution in [1.82, 2.24) is 10.2 Å². The molecule has 3 nitrogen and oxygen atoms in total. The smallest absolute Gasteiger partial charge is 0.0720 e. The predicted molar refractivity (Wildman–Crippen MR) is 90.8 cm³/mol. The van der Waals surface area contributed by atoms with Crippen LogP contribution >= 0.6 is 0 Å². The van der Waals surface area contributed by atoms with Gasteiger partial charge in [0.2, 0.25) is 0 Å². The molecule has 0 aliphatic carbocycles. The Bertz CT molecular complexity index is 474. The fourth-order valence-electron chi connectivity index (χ4n) is 3.76. The van der Waals surface area contributed by atoms with E-state index in [-0.39, 0.29) is 0 Å². The van der Waals surface area contributed by atoms with Gasteiger partial charge in [0, 0.05) is 18.6 Å². The van der Waals surface area contributed by atoms with Crippen LogP contribution in [0.1, 0.15) is 50.7 Å². The molecular weight excluding hydrogens is 272 g/mol. The van der Waals surface area contributed by atoms with Crippen LogP contribution < -0.4 is 5.32 Å². The maximum atomic E-state index is 5.70. The van der Waals surface area contributed by atoms with E-state index in [1.807, 2.05) is 0 Å². The second-order valence-corrected chi connectivity index (χ2v) is 7.11. The summed E-state index contributed by atoms with van der Waals surface area (Å²) >= 11 is 0. The molecule has 0 spiro atoms. The molecule has 2 fully saturated rings. The third kappa shape index (κ3) is 4.31. The molecule has 0 bridgehead atoms. The summed E-state index contributed by atoms with van der Waals surface area (Å²) in [6.07, 6.45) is 5.72. The molecule has 2 aliphatic heterocycles. The zero-order valence-corrected chi connectivity index (χ0v) is 14.1. The lowest BCUT2D eigenvalue weighted by Crippen LogP contribution is -2.45. The van der Waals surface area contributed by atoms with Crippen molar-refractivity contribution in [3.63, 3.8) is 0 Å². The van der Waals surface area contributed by atoms with Gasteiger partial charge in [-0.15, -0.1) is 0 Å². The molecule has 1 aromatic carbocycles. The summed E-state index contributed by atoms with van der Waals surface area (Å²) in [6.45, 7) is 8.47. The fourth-order valence-corrected chi connectivity index (χ4v) is 3.76. The quantitative estimate of drug-likeness (QED) is 0.872. The van der Waals surface area contributed by atoms with Crippen LogP contribution in [0.2, 0.25) is 0 Å². The van der Waals surface area contributed by atoms with Crippen LogP contribution in [0.25, 0.3) is 0 Å². The Morgan fingerprint density at radius 1 is 1.23 bits per heavy atom. The standard InChI is InChI=1S/C19H30N2O/c1-15(2)22-14-17-6-3-5-16(11-17)13-20-18-8-10-21-9-4-7-19(21)12-18/h3,5-6,11,15,18-20H,4,7-10,12-14H2,1-2H3/t18-,19+/m0/s1. The minimum atomic E-state index is 0.290. The van der Waals surface area contributed by atoms with Crippen molar-refractivity contribution >= 4 is 0 Å². The summed E-state index contributed by atoms with van der Waals surface area (Å²) in [4.78, 5) is 2.68. The number of ether oxygens (including phenoxy) is 1. The zero-order chi connectivity index (χ0) is 15.4. The Balaban J connectivity index is 1.47. The van der Waals surface area contributed by atoms with E-state index in [0.29, 0.717) is 18.8 Å². The van der Waals surface area contributed by atoms with Gasteiger partial charge < -0.3 is 15.0 Å². The Labute approximate surface area is 135 Å². The summed E-state index contributed by atoms with van der Waals surface area (Å²) in [5, 5.41) is 3.78. The van der Waals surface area contributed by atoms with Gasteiger partial charge >= 0.3 is 0 Å². The highest BCUT2D eigenvalue weighted by atomic mass is 16.5. The van der Waals surface area contributed by atoms with E-state index in [9.17, 15) is 0 Å². The van der Waals surface area contributed by atoms with Gasteiger partial charge in [0.1, 0.15) is 0 Å². The average Bonchev–Trinajstić information content (AvgIpc) is 2.99. The molecule has 2 heterocycles. The number of rotatable bonds is 6. The van der Waals surface area contributed by atoms with Crippen molar-refractivity contribution in [2.24, 2.45) is 0 Å². The number of benzene rings is 1. The minimum absolute atomic E-state index is 0.290. The molecule has 1 N–H and O–H groups in total. The first-order valence-corrected chi connectivity index (χ1v) is 8.87. The number of nitrogens with zero attached hydrogens (tertiary/aromatic N) is 1. The molecule has 3 heteroatoms. The molecule has 0 radical (unpaired) electrons. The summed E-state index contributed by atoms with van der Waals surface area (Å²) in [5.41, 5.74) is 2.65. The number of hydrogen-bond acceptors (Lipinski definition) is 3. The second kappa shape index (κ2) is 7.58. The van der Waals surface area contributed by atoms with Crippen LogP contribution in [0.4, 0.5) is 0 Å². The van der Waals surface area contributed by atoms with Crippen LogP contribution in [-0.4, -0.2) is 36.2 Å². The van der Waals surface area contributed by atoms with Gasteiger partial charge in [-0.2, -0.15) is 0 Å². The molecular formula is C19H30N2O. The first kappa shape index (κ1) is 16.0. The summed E-state index contributed by atoms with van der Waals surface area (Å²) in [7, 11) is 0. The molecule has 1 aromatic rings. The third-order valence-corrected chi connectivity index (χ3v) is 4.99. The molecule has 0 saturated carbocycles. The van der Waals surface area contributed by atoms with E-state index >= 15 is 0 Å². The molecule has 122 valence electrons. The maximum Gasteiger partial charge on any atom is 0.0720 e. The van der Waals surface area contributed by atoms with E-state index in [2.05, 4.69) is 48.3 Å². The van der Waals surface area contributed by atoms with Crippen LogP contribution in [0, 0.1) is 0 Å². The lowest BCUT2D eigenvalue weighted by molar-refractivity contribution is 0.0656. The summed E-state index contributed by atoms with van der Waals surface area (Å²) in [5.74, 6) is 0. The Hall–Kier alpha value is -0.900. The maximum absolute atomic E-state index is 5.70. The van der Waals surface area contributed by atoms with Gasteiger partial charge in [0.15, 0.2) is 0 Å². The van der Waals surface area contributed by atoms with Crippen molar-refractivity contribution < 1.29 is 4.74 Å². The van der Waals surface area contributed by atoms with Crippen LogP contribution in [-0.2, 0) is 17.9 Å². The Morgan fingerprint density at radius 3 is 2.95 bits per heavy atom. The van der Waals surface area contributed by atoms with Gasteiger partial charge in [0.25, 0.3) is 0 Å². The van der Waals surface area contributed by atoms with Crippen molar-refractivity contribution in [2.45, 2.75) is 70.9 Å². The van der Waals surface area contributed by atoms with Gasteiger partial charge in [-0.25, -0.2) is 0 Å². The molecule has 2 saturated heterocycles. The number of fused-ring (bicyclic) bond motifs is 1. The highest BCUT2D eigenvalue weighted by molar-refractivity contribution is 5.23. The predicted octanol–water partition coefficient (Wildman–Crippen LogP) is 3.33. The molecule has 0 unspecified atom stereocenters. The normalized spacial score (nSPS) is 25.6. The average molecular weight is 302 g/mol. The van der Waals surface area contributed by atoms with E-state index in [4.69, 9.17) is 4.74 Å². The van der Waals surface area contributed by atoms with Gasteiger partial charge in [-0.3, -0.25) is 0 Å². The molecule has 0 amide bonds. The highest BCUT2D eigenvalue weighted by Crippen LogP contribution is 2.27. The summed E-state index contributed by atoms with van der Waals surface area (Å²) < 4.78 is 5.70. The van der Waals surface area contributed by atoms with Crippen molar-refractivity contribution in [2.75, 3.05) is 13.1 Å². The summed E-state index contributed by atoms with van der Waals surface area (Å²) in [6, 6.07) is 10.3. The van der Waals surface area contributed by atoms with Crippen LogP contribution in [0.5, 0.6) is 0 Å². The lowest BCUT2D eigenvalue weighted by Gasteiger charge is -2.35. The van der Waals surface area contributed by atoms with Crippen LogP contribution in [0.15, 0.2) is 24.3 Å². The van der Waals surface area contributed by atoms with Crippen molar-refractivity contribution in [3.8, 4) is 0 Å². The van der Waals surface area contributed by atoms with E-state index in [0.717, 1.165) is 12.6 Å². The first-order valence-electron chi connectivity index (χ1n) is 8.87. The first-order chi connectivity index (χ1) is 10.7. The number of hydrogen-bond donors (Lipinski definition) is 1. The minimum Gasteiger partial charge on any atom is -0.374 e. The highest BCUT2D eigenvalue weighted by Gasteiger charge is 2.31. The van der Waals surface area contributed by atoms with Gasteiger partial charge in [0.05, 0.1) is 12.7 Å². The number of nitrogens with one attached hydrogen (secondary N) is 1. The van der Waals surface area contributed by atoms with Gasteiger partial charge in [-0.1, -0.05) is 24.3 Å². The third-order valence-electron chi connectivity index (χ3n) is 4.99. The SMILES string of the molecule is CC(C)OCc1cccc(CN[C@H]2CCN3CCC[C@@H]3C2)c1. The van der Waals surface area contributed by atoms with E-state index < -0.39 is 0 Å². The van der Waals surface area contributed by atoms with Crippen molar-refractivity contribution in [3.05, 3.63) is 35.4 Å². The zero-order valence-electron chi connectivity index (χ0n) is 14.1. The largest absolute Gasteiger partial charge is 0.374 e. The number of piperidine rings is 1. The topological polar surface area (TPSA) is 24.5 Å². The Kier molecular flexibility index (Phi) is 5.51. The molecule has 2 atom stereocenters. The lowest BCUT2D eigenvalue weighted by atomic mass is 9.97. The molecule has 3 rings (SSSR count). The van der Waals surface area contributed by atoms with Crippen LogP contribution in [0.3, 0.4) is 0 Å². The van der Waals surface area contributed by atoms with E-state index in [1.165, 1.54) is 49.9 Å². The Morgan fingerprint density at radius 2 is 2.09 bits per heavy atom. The molecule has 0 aromatic heterocycles.